The smallest absolute Gasteiger partial charge is 0.251 e. The second-order valence-corrected chi connectivity index (χ2v) is 5.43. The molecule has 0 aliphatic heterocycles. The van der Waals surface area contributed by atoms with Crippen LogP contribution in [0.1, 0.15) is 28.4 Å². The van der Waals surface area contributed by atoms with Gasteiger partial charge in [0.15, 0.2) is 0 Å². The van der Waals surface area contributed by atoms with Crippen LogP contribution in [0.3, 0.4) is 0 Å². The van der Waals surface area contributed by atoms with Gasteiger partial charge in [0.25, 0.3) is 5.91 Å². The molecule has 0 heterocycles. The van der Waals surface area contributed by atoms with E-state index in [0.717, 1.165) is 6.07 Å². The van der Waals surface area contributed by atoms with E-state index in [4.69, 9.17) is 0 Å². The maximum Gasteiger partial charge on any atom is 0.251 e. The molecule has 0 aromatic heterocycles. The molecule has 1 amide bonds. The quantitative estimate of drug-likeness (QED) is 0.912. The zero-order chi connectivity index (χ0) is 16.3. The van der Waals surface area contributed by atoms with Gasteiger partial charge < -0.3 is 10.4 Å². The van der Waals surface area contributed by atoms with E-state index in [2.05, 4.69) is 5.32 Å². The Labute approximate surface area is 127 Å². The summed E-state index contributed by atoms with van der Waals surface area (Å²) in [6.07, 6.45) is 0. The Hall–Kier alpha value is -2.27. The van der Waals surface area contributed by atoms with E-state index >= 15 is 0 Å². The highest BCUT2D eigenvalue weighted by molar-refractivity contribution is 5.94. The molecular formula is C17H17F2NO2. The van der Waals surface area contributed by atoms with Gasteiger partial charge in [-0.2, -0.15) is 0 Å². The molecule has 0 aliphatic rings. The normalized spacial score (nSPS) is 13.5. The van der Waals surface area contributed by atoms with E-state index < -0.39 is 23.1 Å². The number of aliphatic hydroxyl groups is 1. The lowest BCUT2D eigenvalue weighted by Crippen LogP contribution is -2.38. The molecule has 1 unspecified atom stereocenters. The van der Waals surface area contributed by atoms with Crippen LogP contribution in [-0.4, -0.2) is 17.6 Å². The second kappa shape index (κ2) is 6.23. The SMILES string of the molecule is Cc1ccc(C(=O)NCC(C)(O)c2ccc(F)cc2)cc1F. The Morgan fingerprint density at radius 2 is 1.82 bits per heavy atom. The number of hydrogen-bond acceptors (Lipinski definition) is 2. The van der Waals surface area contributed by atoms with Gasteiger partial charge in [-0.15, -0.1) is 0 Å². The fourth-order valence-corrected chi connectivity index (χ4v) is 2.00. The third kappa shape index (κ3) is 3.68. The molecule has 0 saturated carbocycles. The van der Waals surface area contributed by atoms with Crippen LogP contribution in [0.25, 0.3) is 0 Å². The van der Waals surface area contributed by atoms with Crippen molar-refractivity contribution in [3.63, 3.8) is 0 Å². The van der Waals surface area contributed by atoms with Crippen molar-refractivity contribution >= 4 is 5.91 Å². The topological polar surface area (TPSA) is 49.3 Å². The summed E-state index contributed by atoms with van der Waals surface area (Å²) in [6, 6.07) is 9.56. The molecule has 0 fully saturated rings. The van der Waals surface area contributed by atoms with Crippen LogP contribution in [-0.2, 0) is 5.60 Å². The van der Waals surface area contributed by atoms with Gasteiger partial charge in [0, 0.05) is 5.56 Å². The maximum absolute atomic E-state index is 13.5. The predicted molar refractivity (Wildman–Crippen MR) is 79.4 cm³/mol. The molecule has 0 radical (unpaired) electrons. The summed E-state index contributed by atoms with van der Waals surface area (Å²) in [5.41, 5.74) is -0.246. The van der Waals surface area contributed by atoms with Crippen molar-refractivity contribution < 1.29 is 18.7 Å². The summed E-state index contributed by atoms with van der Waals surface area (Å²) >= 11 is 0. The molecular weight excluding hydrogens is 288 g/mol. The monoisotopic (exact) mass is 305 g/mol. The fourth-order valence-electron chi connectivity index (χ4n) is 2.00. The number of amides is 1. The largest absolute Gasteiger partial charge is 0.384 e. The first-order valence-corrected chi connectivity index (χ1v) is 6.82. The number of carbonyl (C=O) groups excluding carboxylic acids is 1. The second-order valence-electron chi connectivity index (χ2n) is 5.43. The molecule has 1 atom stereocenters. The van der Waals surface area contributed by atoms with Crippen LogP contribution < -0.4 is 5.32 Å². The first-order chi connectivity index (χ1) is 10.3. The van der Waals surface area contributed by atoms with Crippen molar-refractivity contribution in [3.05, 3.63) is 70.8 Å². The molecule has 2 aromatic rings. The standard InChI is InChI=1S/C17H17F2NO2/c1-11-3-4-12(9-15(11)19)16(21)20-10-17(2,22)13-5-7-14(18)8-6-13/h3-9,22H,10H2,1-2H3,(H,20,21). The zero-order valence-corrected chi connectivity index (χ0v) is 12.4. The van der Waals surface area contributed by atoms with E-state index in [1.54, 1.807) is 6.92 Å². The highest BCUT2D eigenvalue weighted by Gasteiger charge is 2.24. The number of benzene rings is 2. The highest BCUT2D eigenvalue weighted by Crippen LogP contribution is 2.20. The Kier molecular flexibility index (Phi) is 4.56. The molecule has 116 valence electrons. The predicted octanol–water partition coefficient (Wildman–Crippen LogP) is 2.91. The summed E-state index contributed by atoms with van der Waals surface area (Å²) in [6.45, 7) is 3.04. The number of aryl methyl sites for hydroxylation is 1. The first kappa shape index (κ1) is 16.1. The van der Waals surface area contributed by atoms with Gasteiger partial charge in [-0.05, 0) is 49.2 Å². The van der Waals surface area contributed by atoms with E-state index in [9.17, 15) is 18.7 Å². The average molecular weight is 305 g/mol. The van der Waals surface area contributed by atoms with Crippen LogP contribution in [0, 0.1) is 18.6 Å². The van der Waals surface area contributed by atoms with Crippen LogP contribution in [0.4, 0.5) is 8.78 Å². The molecule has 2 aromatic carbocycles. The van der Waals surface area contributed by atoms with Crippen molar-refractivity contribution in [2.75, 3.05) is 6.54 Å². The van der Waals surface area contributed by atoms with Crippen molar-refractivity contribution in [2.24, 2.45) is 0 Å². The molecule has 5 heteroatoms. The van der Waals surface area contributed by atoms with Gasteiger partial charge in [-0.25, -0.2) is 8.78 Å². The minimum Gasteiger partial charge on any atom is -0.384 e. The molecule has 2 rings (SSSR count). The highest BCUT2D eigenvalue weighted by atomic mass is 19.1. The zero-order valence-electron chi connectivity index (χ0n) is 12.4. The Bertz CT molecular complexity index is 682. The molecule has 0 aliphatic carbocycles. The first-order valence-electron chi connectivity index (χ1n) is 6.82. The third-order valence-corrected chi connectivity index (χ3v) is 3.49. The Morgan fingerprint density at radius 1 is 1.18 bits per heavy atom. The minimum atomic E-state index is -1.35. The number of carbonyl (C=O) groups is 1. The van der Waals surface area contributed by atoms with E-state index in [1.807, 2.05) is 0 Å². The Morgan fingerprint density at radius 3 is 2.41 bits per heavy atom. The van der Waals surface area contributed by atoms with E-state index in [1.165, 1.54) is 43.3 Å². The van der Waals surface area contributed by atoms with Crippen molar-refractivity contribution in [1.29, 1.82) is 0 Å². The van der Waals surface area contributed by atoms with E-state index in [-0.39, 0.29) is 12.1 Å². The van der Waals surface area contributed by atoms with Gasteiger partial charge in [-0.3, -0.25) is 4.79 Å². The van der Waals surface area contributed by atoms with Crippen LogP contribution in [0.2, 0.25) is 0 Å². The van der Waals surface area contributed by atoms with Crippen LogP contribution >= 0.6 is 0 Å². The number of hydrogen-bond donors (Lipinski definition) is 2. The lowest BCUT2D eigenvalue weighted by atomic mass is 9.96. The van der Waals surface area contributed by atoms with Gasteiger partial charge in [-0.1, -0.05) is 18.2 Å². The fraction of sp³-hybridized carbons (Fsp3) is 0.235. The summed E-state index contributed by atoms with van der Waals surface area (Å²) in [4.78, 5) is 12.0. The van der Waals surface area contributed by atoms with Crippen molar-refractivity contribution in [1.82, 2.24) is 5.32 Å². The molecule has 22 heavy (non-hydrogen) atoms. The maximum atomic E-state index is 13.5. The minimum absolute atomic E-state index is 0.0764. The van der Waals surface area contributed by atoms with Crippen LogP contribution in [0.5, 0.6) is 0 Å². The molecule has 0 spiro atoms. The average Bonchev–Trinajstić information content (AvgIpc) is 2.48. The van der Waals surface area contributed by atoms with Gasteiger partial charge in [0.05, 0.1) is 6.54 Å². The van der Waals surface area contributed by atoms with E-state index in [0.29, 0.717) is 11.1 Å². The van der Waals surface area contributed by atoms with Gasteiger partial charge in [0.1, 0.15) is 17.2 Å². The molecule has 3 nitrogen and oxygen atoms in total. The van der Waals surface area contributed by atoms with Crippen molar-refractivity contribution in [3.8, 4) is 0 Å². The molecule has 0 bridgehead atoms. The molecule has 0 saturated heterocycles. The lowest BCUT2D eigenvalue weighted by molar-refractivity contribution is 0.0526. The van der Waals surface area contributed by atoms with Crippen LogP contribution in [0.15, 0.2) is 42.5 Å². The van der Waals surface area contributed by atoms with Crippen molar-refractivity contribution in [2.45, 2.75) is 19.4 Å². The van der Waals surface area contributed by atoms with Gasteiger partial charge >= 0.3 is 0 Å². The van der Waals surface area contributed by atoms with Gasteiger partial charge in [0.2, 0.25) is 0 Å². The summed E-state index contributed by atoms with van der Waals surface area (Å²) < 4.78 is 26.3. The summed E-state index contributed by atoms with van der Waals surface area (Å²) in [5.74, 6) is -1.35. The number of rotatable bonds is 4. The summed E-state index contributed by atoms with van der Waals surface area (Å²) in [7, 11) is 0. The lowest BCUT2D eigenvalue weighted by Gasteiger charge is -2.24. The molecule has 2 N–H and O–H groups in total. The third-order valence-electron chi connectivity index (χ3n) is 3.49. The summed E-state index contributed by atoms with van der Waals surface area (Å²) in [5, 5.41) is 12.9. The number of nitrogens with one attached hydrogen (secondary N) is 1. The Balaban J connectivity index is 2.06. The number of halogens is 2.